The molecule has 2 heterocycles. The molecule has 1 aromatic carbocycles. The fourth-order valence-electron chi connectivity index (χ4n) is 2.03. The average Bonchev–Trinajstić information content (AvgIpc) is 3.09. The van der Waals surface area contributed by atoms with E-state index >= 15 is 0 Å². The molecule has 0 spiro atoms. The van der Waals surface area contributed by atoms with Gasteiger partial charge in [0.15, 0.2) is 0 Å². The van der Waals surface area contributed by atoms with Crippen molar-refractivity contribution >= 4 is 44.3 Å². The number of thiophene rings is 2. The first-order chi connectivity index (χ1) is 10.1. The molecule has 3 rings (SSSR count). The van der Waals surface area contributed by atoms with Crippen LogP contribution < -0.4 is 5.73 Å². The highest BCUT2D eigenvalue weighted by atomic mass is 79.9. The SMILES string of the molecule is N#Cc1sc(-c2ccc(F)c(Br)c2)c(-c2cccs2)c1N. The van der Waals surface area contributed by atoms with E-state index in [1.165, 1.54) is 17.4 Å². The highest BCUT2D eigenvalue weighted by molar-refractivity contribution is 9.10. The average molecular weight is 379 g/mol. The molecule has 0 aliphatic carbocycles. The van der Waals surface area contributed by atoms with Gasteiger partial charge in [-0.05, 0) is 45.1 Å². The summed E-state index contributed by atoms with van der Waals surface area (Å²) in [5, 5.41) is 11.2. The molecule has 21 heavy (non-hydrogen) atoms. The quantitative estimate of drug-likeness (QED) is 0.639. The number of nitrogens with zero attached hydrogens (tertiary/aromatic N) is 1. The van der Waals surface area contributed by atoms with Crippen molar-refractivity contribution in [1.82, 2.24) is 0 Å². The fraction of sp³-hybridized carbons (Fsp3) is 0. The Kier molecular flexibility index (Phi) is 3.81. The highest BCUT2D eigenvalue weighted by Gasteiger charge is 2.20. The molecule has 0 saturated carbocycles. The fourth-order valence-corrected chi connectivity index (χ4v) is 4.30. The van der Waals surface area contributed by atoms with Gasteiger partial charge in [-0.1, -0.05) is 12.1 Å². The maximum atomic E-state index is 13.4. The van der Waals surface area contributed by atoms with Crippen LogP contribution in [0.2, 0.25) is 0 Å². The first-order valence-corrected chi connectivity index (χ1v) is 8.42. The van der Waals surface area contributed by atoms with Gasteiger partial charge in [0.25, 0.3) is 0 Å². The smallest absolute Gasteiger partial charge is 0.137 e. The van der Waals surface area contributed by atoms with Crippen molar-refractivity contribution < 1.29 is 4.39 Å². The summed E-state index contributed by atoms with van der Waals surface area (Å²) in [5.74, 6) is -0.318. The van der Waals surface area contributed by atoms with Gasteiger partial charge in [-0.25, -0.2) is 4.39 Å². The molecule has 0 atom stereocenters. The largest absolute Gasteiger partial charge is 0.396 e. The van der Waals surface area contributed by atoms with E-state index in [1.807, 2.05) is 17.5 Å². The molecule has 6 heteroatoms. The Balaban J connectivity index is 2.27. The number of nitriles is 1. The van der Waals surface area contributed by atoms with Crippen LogP contribution in [-0.4, -0.2) is 0 Å². The standard InChI is InChI=1S/C15H8BrFN2S2/c16-9-6-8(3-4-10(9)17)15-13(11-2-1-5-20-11)14(19)12(7-18)21-15/h1-6H,19H2. The van der Waals surface area contributed by atoms with Crippen molar-refractivity contribution in [3.05, 3.63) is 50.9 Å². The van der Waals surface area contributed by atoms with E-state index in [9.17, 15) is 9.65 Å². The number of hydrogen-bond acceptors (Lipinski definition) is 4. The van der Waals surface area contributed by atoms with Crippen LogP contribution in [0.4, 0.5) is 10.1 Å². The number of nitrogen functional groups attached to an aromatic ring is 1. The number of halogens is 2. The first-order valence-electron chi connectivity index (χ1n) is 5.93. The summed E-state index contributed by atoms with van der Waals surface area (Å²) in [4.78, 5) is 2.36. The van der Waals surface area contributed by atoms with E-state index in [0.717, 1.165) is 20.9 Å². The molecule has 0 saturated heterocycles. The predicted molar refractivity (Wildman–Crippen MR) is 89.9 cm³/mol. The Bertz CT molecular complexity index is 847. The van der Waals surface area contributed by atoms with Crippen LogP contribution in [0.5, 0.6) is 0 Å². The zero-order valence-electron chi connectivity index (χ0n) is 10.6. The van der Waals surface area contributed by atoms with Gasteiger partial charge >= 0.3 is 0 Å². The number of nitrogens with two attached hydrogens (primary N) is 1. The van der Waals surface area contributed by atoms with E-state index in [0.29, 0.717) is 15.0 Å². The molecule has 0 amide bonds. The Hall–Kier alpha value is -1.68. The summed E-state index contributed by atoms with van der Waals surface area (Å²) in [5.41, 5.74) is 8.30. The Labute approximate surface area is 137 Å². The summed E-state index contributed by atoms with van der Waals surface area (Å²) in [6.45, 7) is 0. The van der Waals surface area contributed by atoms with Crippen molar-refractivity contribution in [2.24, 2.45) is 0 Å². The summed E-state index contributed by atoms with van der Waals surface area (Å²) in [7, 11) is 0. The van der Waals surface area contributed by atoms with Crippen LogP contribution in [-0.2, 0) is 0 Å². The van der Waals surface area contributed by atoms with Gasteiger partial charge in [0, 0.05) is 15.3 Å². The maximum absolute atomic E-state index is 13.4. The summed E-state index contributed by atoms with van der Waals surface area (Å²) in [6, 6.07) is 10.8. The number of rotatable bonds is 2. The molecule has 0 fully saturated rings. The summed E-state index contributed by atoms with van der Waals surface area (Å²) in [6.07, 6.45) is 0. The lowest BCUT2D eigenvalue weighted by atomic mass is 10.1. The van der Waals surface area contributed by atoms with Crippen molar-refractivity contribution in [2.75, 3.05) is 5.73 Å². The third-order valence-electron chi connectivity index (χ3n) is 3.00. The predicted octanol–water partition coefficient (Wildman–Crippen LogP) is 5.50. The Morgan fingerprint density at radius 3 is 2.71 bits per heavy atom. The zero-order valence-corrected chi connectivity index (χ0v) is 13.8. The van der Waals surface area contributed by atoms with Gasteiger partial charge in [0.1, 0.15) is 16.8 Å². The lowest BCUT2D eigenvalue weighted by Gasteiger charge is -2.04. The minimum absolute atomic E-state index is 0.318. The molecule has 0 radical (unpaired) electrons. The molecule has 0 bridgehead atoms. The van der Waals surface area contributed by atoms with E-state index in [-0.39, 0.29) is 5.82 Å². The highest BCUT2D eigenvalue weighted by Crippen LogP contribution is 2.46. The molecule has 104 valence electrons. The lowest BCUT2D eigenvalue weighted by molar-refractivity contribution is 0.621. The second kappa shape index (κ2) is 5.60. The van der Waals surface area contributed by atoms with Crippen LogP contribution in [0.25, 0.3) is 20.9 Å². The topological polar surface area (TPSA) is 49.8 Å². The molecule has 0 aliphatic heterocycles. The number of hydrogen-bond donors (Lipinski definition) is 1. The summed E-state index contributed by atoms with van der Waals surface area (Å²) >= 11 is 6.09. The van der Waals surface area contributed by atoms with E-state index in [2.05, 4.69) is 22.0 Å². The molecule has 2 aromatic heterocycles. The lowest BCUT2D eigenvalue weighted by Crippen LogP contribution is -1.88. The van der Waals surface area contributed by atoms with Gasteiger partial charge in [-0.15, -0.1) is 22.7 Å². The maximum Gasteiger partial charge on any atom is 0.137 e. The van der Waals surface area contributed by atoms with Crippen LogP contribution >= 0.6 is 38.6 Å². The third kappa shape index (κ3) is 2.48. The second-order valence-corrected chi connectivity index (χ2v) is 7.09. The number of anilines is 1. The molecule has 0 unspecified atom stereocenters. The first kappa shape index (κ1) is 14.3. The van der Waals surface area contributed by atoms with Crippen LogP contribution in [0.15, 0.2) is 40.2 Å². The zero-order chi connectivity index (χ0) is 15.0. The van der Waals surface area contributed by atoms with Crippen LogP contribution in [0.3, 0.4) is 0 Å². The van der Waals surface area contributed by atoms with Gasteiger partial charge in [0.05, 0.1) is 10.2 Å². The monoisotopic (exact) mass is 378 g/mol. The van der Waals surface area contributed by atoms with Crippen molar-refractivity contribution in [3.8, 4) is 27.0 Å². The third-order valence-corrected chi connectivity index (χ3v) is 5.65. The molecule has 0 aliphatic rings. The second-order valence-electron chi connectivity index (χ2n) is 4.27. The van der Waals surface area contributed by atoms with E-state index in [1.54, 1.807) is 23.5 Å². The van der Waals surface area contributed by atoms with Crippen LogP contribution in [0.1, 0.15) is 4.88 Å². The minimum Gasteiger partial charge on any atom is -0.396 e. The van der Waals surface area contributed by atoms with Gasteiger partial charge in [-0.3, -0.25) is 0 Å². The van der Waals surface area contributed by atoms with Crippen molar-refractivity contribution in [3.63, 3.8) is 0 Å². The Morgan fingerprint density at radius 2 is 2.10 bits per heavy atom. The molecule has 2 N–H and O–H groups in total. The van der Waals surface area contributed by atoms with Crippen molar-refractivity contribution in [1.29, 1.82) is 5.26 Å². The van der Waals surface area contributed by atoms with E-state index in [4.69, 9.17) is 5.73 Å². The Morgan fingerprint density at radius 1 is 1.29 bits per heavy atom. The summed E-state index contributed by atoms with van der Waals surface area (Å²) < 4.78 is 13.8. The normalized spacial score (nSPS) is 10.5. The minimum atomic E-state index is -0.318. The van der Waals surface area contributed by atoms with Gasteiger partial charge in [-0.2, -0.15) is 5.26 Å². The van der Waals surface area contributed by atoms with Crippen LogP contribution in [0, 0.1) is 17.1 Å². The molecule has 3 aromatic rings. The van der Waals surface area contributed by atoms with E-state index < -0.39 is 0 Å². The number of benzene rings is 1. The van der Waals surface area contributed by atoms with Crippen molar-refractivity contribution in [2.45, 2.75) is 0 Å². The molecular weight excluding hydrogens is 371 g/mol. The van der Waals surface area contributed by atoms with Gasteiger partial charge in [0.2, 0.25) is 0 Å². The van der Waals surface area contributed by atoms with Gasteiger partial charge < -0.3 is 5.73 Å². The molecular formula is C15H8BrFN2S2. The molecule has 2 nitrogen and oxygen atoms in total.